The number of rotatable bonds is 9. The van der Waals surface area contributed by atoms with Crippen LogP contribution in [0.3, 0.4) is 0 Å². The molecule has 46 heavy (non-hydrogen) atoms. The Kier molecular flexibility index (Phi) is 9.91. The van der Waals surface area contributed by atoms with E-state index in [-0.39, 0.29) is 34.3 Å². The van der Waals surface area contributed by atoms with Crippen LogP contribution in [-0.2, 0) is 26.3 Å². The maximum absolute atomic E-state index is 13.5. The molecule has 10 nitrogen and oxygen atoms in total. The first-order valence-electron chi connectivity index (χ1n) is 13.3. The number of carbonyl (C=O) groups excluding carboxylic acids is 3. The maximum atomic E-state index is 13.5. The number of anilines is 1. The number of ether oxygens (including phenoxy) is 2. The van der Waals surface area contributed by atoms with Crippen LogP contribution in [0.25, 0.3) is 6.08 Å². The number of nitrogens with zero attached hydrogens (tertiary/aromatic N) is 1. The Morgan fingerprint density at radius 2 is 1.63 bits per heavy atom. The van der Waals surface area contributed by atoms with E-state index in [0.29, 0.717) is 30.5 Å². The first kappa shape index (κ1) is 33.3. The number of barbiturate groups is 1. The third-order valence-corrected chi connectivity index (χ3v) is 9.30. The molecule has 1 heterocycles. The Bertz CT molecular complexity index is 2000. The van der Waals surface area contributed by atoms with Crippen molar-refractivity contribution in [2.45, 2.75) is 18.4 Å². The number of nitrogens with one attached hydrogen (secondary N) is 1. The predicted molar refractivity (Wildman–Crippen MR) is 181 cm³/mol. The summed E-state index contributed by atoms with van der Waals surface area (Å²) >= 11 is 14.0. The molecule has 1 N–H and O–H groups in total. The van der Waals surface area contributed by atoms with Crippen LogP contribution in [0.1, 0.15) is 16.7 Å². The molecule has 0 spiro atoms. The van der Waals surface area contributed by atoms with E-state index in [1.54, 1.807) is 42.5 Å². The Hall–Kier alpha value is -4.11. The molecule has 4 aromatic rings. The van der Waals surface area contributed by atoms with Gasteiger partial charge in [0.1, 0.15) is 22.8 Å². The number of halogens is 3. The number of urea groups is 1. The zero-order valence-corrected chi connectivity index (χ0v) is 28.5. The number of aryl methyl sites for hydroxylation is 1. The number of hydrogen-bond acceptors (Lipinski definition) is 8. The zero-order chi connectivity index (χ0) is 33.2. The Labute approximate surface area is 288 Å². The number of benzene rings is 4. The standard InChI is InChI=1S/C32H23Cl2IN2O8S/c1-18-3-11-24(12-4-18)46(41,42)45-29-27(35)14-19(15-28(29)43-2)13-25-30(38)36-32(40)37(31(25)39)22-7-9-23(10-8-22)44-17-20-5-6-21(33)16-26(20)34/h3-16H,17H2,1-2H3,(H,36,38,40)/b25-13+. The highest BCUT2D eigenvalue weighted by atomic mass is 127. The summed E-state index contributed by atoms with van der Waals surface area (Å²) in [4.78, 5) is 39.8. The van der Waals surface area contributed by atoms with Crippen LogP contribution >= 0.6 is 45.8 Å². The summed E-state index contributed by atoms with van der Waals surface area (Å²) in [7, 11) is -2.87. The molecular weight excluding hydrogens is 770 g/mol. The fraction of sp³-hybridized carbons (Fsp3) is 0.0938. The van der Waals surface area contributed by atoms with Gasteiger partial charge in [-0.05, 0) is 102 Å². The summed E-state index contributed by atoms with van der Waals surface area (Å²) in [5.41, 5.74) is 1.77. The van der Waals surface area contributed by atoms with Gasteiger partial charge in [-0.1, -0.05) is 47.0 Å². The largest absolute Gasteiger partial charge is 0.493 e. The molecule has 0 saturated carbocycles. The predicted octanol–water partition coefficient (Wildman–Crippen LogP) is 6.93. The van der Waals surface area contributed by atoms with Crippen LogP contribution in [0.5, 0.6) is 17.2 Å². The minimum Gasteiger partial charge on any atom is -0.493 e. The SMILES string of the molecule is COc1cc(/C=C2\C(=O)NC(=O)N(c3ccc(OCc4ccc(Cl)cc4Cl)cc3)C2=O)cc(I)c1OS(=O)(=O)c1ccc(C)cc1. The number of carbonyl (C=O) groups is 3. The van der Waals surface area contributed by atoms with E-state index in [9.17, 15) is 22.8 Å². The van der Waals surface area contributed by atoms with Gasteiger partial charge in [0.15, 0.2) is 11.5 Å². The Morgan fingerprint density at radius 1 is 0.935 bits per heavy atom. The summed E-state index contributed by atoms with van der Waals surface area (Å²) in [5.74, 6) is -1.35. The van der Waals surface area contributed by atoms with Crippen molar-refractivity contribution < 1.29 is 36.5 Å². The van der Waals surface area contributed by atoms with E-state index in [0.717, 1.165) is 10.5 Å². The molecule has 0 bridgehead atoms. The smallest absolute Gasteiger partial charge is 0.339 e. The molecule has 5 rings (SSSR count). The van der Waals surface area contributed by atoms with Crippen molar-refractivity contribution in [3.8, 4) is 17.2 Å². The lowest BCUT2D eigenvalue weighted by Crippen LogP contribution is -2.54. The highest BCUT2D eigenvalue weighted by Crippen LogP contribution is 2.37. The van der Waals surface area contributed by atoms with Crippen LogP contribution in [0.2, 0.25) is 10.0 Å². The lowest BCUT2D eigenvalue weighted by molar-refractivity contribution is -0.122. The van der Waals surface area contributed by atoms with Gasteiger partial charge in [0.05, 0.1) is 16.4 Å². The van der Waals surface area contributed by atoms with Crippen molar-refractivity contribution in [1.82, 2.24) is 5.32 Å². The number of hydrogen-bond donors (Lipinski definition) is 1. The number of amides is 4. The van der Waals surface area contributed by atoms with Crippen molar-refractivity contribution in [2.24, 2.45) is 0 Å². The van der Waals surface area contributed by atoms with E-state index in [2.05, 4.69) is 5.32 Å². The minimum absolute atomic E-state index is 0.0399. The third kappa shape index (κ3) is 7.30. The van der Waals surface area contributed by atoms with E-state index in [1.807, 2.05) is 29.5 Å². The third-order valence-electron chi connectivity index (χ3n) is 6.67. The lowest BCUT2D eigenvalue weighted by Gasteiger charge is -2.26. The average Bonchev–Trinajstić information content (AvgIpc) is 3.00. The van der Waals surface area contributed by atoms with Crippen LogP contribution < -0.4 is 23.9 Å². The van der Waals surface area contributed by atoms with E-state index in [4.69, 9.17) is 36.9 Å². The first-order valence-corrected chi connectivity index (χ1v) is 16.6. The highest BCUT2D eigenvalue weighted by Gasteiger charge is 2.37. The summed E-state index contributed by atoms with van der Waals surface area (Å²) in [6.07, 6.45) is 1.27. The zero-order valence-electron chi connectivity index (χ0n) is 24.0. The molecule has 0 unspecified atom stereocenters. The molecule has 0 atom stereocenters. The minimum atomic E-state index is -4.19. The van der Waals surface area contributed by atoms with Gasteiger partial charge in [-0.25, -0.2) is 9.69 Å². The van der Waals surface area contributed by atoms with Crippen LogP contribution in [0, 0.1) is 10.5 Å². The molecule has 4 aromatic carbocycles. The molecule has 0 radical (unpaired) electrons. The molecule has 1 saturated heterocycles. The molecule has 0 aliphatic carbocycles. The maximum Gasteiger partial charge on any atom is 0.339 e. The summed E-state index contributed by atoms with van der Waals surface area (Å²) < 4.78 is 42.8. The second-order valence-electron chi connectivity index (χ2n) is 9.86. The first-order chi connectivity index (χ1) is 21.9. The lowest BCUT2D eigenvalue weighted by atomic mass is 10.1. The second kappa shape index (κ2) is 13.7. The van der Waals surface area contributed by atoms with Crippen LogP contribution in [0.4, 0.5) is 10.5 Å². The molecule has 1 fully saturated rings. The molecule has 236 valence electrons. The number of methoxy groups -OCH3 is 1. The van der Waals surface area contributed by atoms with Crippen molar-refractivity contribution in [3.63, 3.8) is 0 Å². The van der Waals surface area contributed by atoms with Gasteiger partial charge in [-0.2, -0.15) is 8.42 Å². The van der Waals surface area contributed by atoms with Gasteiger partial charge >= 0.3 is 16.1 Å². The fourth-order valence-corrected chi connectivity index (χ4v) is 6.62. The molecular formula is C32H23Cl2IN2O8S. The van der Waals surface area contributed by atoms with Gasteiger partial charge < -0.3 is 13.7 Å². The molecule has 14 heteroatoms. The second-order valence-corrected chi connectivity index (χ2v) is 13.4. The van der Waals surface area contributed by atoms with E-state index < -0.39 is 28.0 Å². The number of imide groups is 2. The molecule has 1 aliphatic rings. The summed E-state index contributed by atoms with van der Waals surface area (Å²) in [5, 5.41) is 3.12. The molecule has 1 aliphatic heterocycles. The van der Waals surface area contributed by atoms with E-state index >= 15 is 0 Å². The fourth-order valence-electron chi connectivity index (χ4n) is 4.32. The normalized spacial score (nSPS) is 14.3. The molecule has 0 aromatic heterocycles. The molecule has 4 amide bonds. The highest BCUT2D eigenvalue weighted by molar-refractivity contribution is 14.1. The van der Waals surface area contributed by atoms with Gasteiger partial charge in [0, 0.05) is 15.6 Å². The summed E-state index contributed by atoms with van der Waals surface area (Å²) in [6.45, 7) is 1.99. The summed E-state index contributed by atoms with van der Waals surface area (Å²) in [6, 6.07) is 19.3. The van der Waals surface area contributed by atoms with Crippen molar-refractivity contribution in [1.29, 1.82) is 0 Å². The van der Waals surface area contributed by atoms with Crippen molar-refractivity contribution in [3.05, 3.63) is 115 Å². The van der Waals surface area contributed by atoms with Gasteiger partial charge in [0.2, 0.25) is 0 Å². The Morgan fingerprint density at radius 3 is 2.28 bits per heavy atom. The average molecular weight is 793 g/mol. The van der Waals surface area contributed by atoms with Crippen molar-refractivity contribution in [2.75, 3.05) is 12.0 Å². The van der Waals surface area contributed by atoms with Crippen LogP contribution in [0.15, 0.2) is 89.3 Å². The topological polar surface area (TPSA) is 128 Å². The van der Waals surface area contributed by atoms with Gasteiger partial charge in [0.25, 0.3) is 11.8 Å². The monoisotopic (exact) mass is 792 g/mol. The van der Waals surface area contributed by atoms with Gasteiger partial charge in [-0.3, -0.25) is 14.9 Å². The van der Waals surface area contributed by atoms with Crippen molar-refractivity contribution >= 4 is 85.5 Å². The van der Waals surface area contributed by atoms with E-state index in [1.165, 1.54) is 49.6 Å². The quantitative estimate of drug-likeness (QED) is 0.0837. The van der Waals surface area contributed by atoms with Gasteiger partial charge in [-0.15, -0.1) is 0 Å². The Balaban J connectivity index is 1.37. The van der Waals surface area contributed by atoms with Crippen LogP contribution in [-0.4, -0.2) is 33.4 Å².